The largest absolute Gasteiger partial charge is 0.496 e. The monoisotopic (exact) mass is 300 g/mol. The molecule has 0 bridgehead atoms. The molecular formula is C16H16N2O2S. The summed E-state index contributed by atoms with van der Waals surface area (Å²) in [5.74, 6) is 0.251. The predicted octanol–water partition coefficient (Wildman–Crippen LogP) is 3.13. The number of para-hydroxylation sites is 2. The maximum atomic E-state index is 12.3. The Balaban J connectivity index is 2.08. The van der Waals surface area contributed by atoms with Crippen LogP contribution < -0.4 is 15.4 Å². The molecule has 0 radical (unpaired) electrons. The van der Waals surface area contributed by atoms with Crippen LogP contribution in [0.5, 0.6) is 5.75 Å². The van der Waals surface area contributed by atoms with Crippen LogP contribution in [0.4, 0.5) is 5.69 Å². The van der Waals surface area contributed by atoms with Gasteiger partial charge >= 0.3 is 0 Å². The van der Waals surface area contributed by atoms with E-state index in [0.29, 0.717) is 11.3 Å². The number of nitrogens with one attached hydrogen (secondary N) is 2. The van der Waals surface area contributed by atoms with Gasteiger partial charge in [0.05, 0.1) is 12.7 Å². The van der Waals surface area contributed by atoms with Crippen molar-refractivity contribution in [3.63, 3.8) is 0 Å². The molecule has 0 fully saturated rings. The van der Waals surface area contributed by atoms with E-state index in [-0.39, 0.29) is 11.0 Å². The number of ether oxygens (including phenoxy) is 1. The zero-order valence-electron chi connectivity index (χ0n) is 11.8. The van der Waals surface area contributed by atoms with Gasteiger partial charge in [0.15, 0.2) is 5.11 Å². The fourth-order valence-corrected chi connectivity index (χ4v) is 2.17. The van der Waals surface area contributed by atoms with Crippen molar-refractivity contribution in [2.75, 3.05) is 12.4 Å². The molecule has 1 amide bonds. The first kappa shape index (κ1) is 15.0. The summed E-state index contributed by atoms with van der Waals surface area (Å²) in [5, 5.41) is 5.85. The summed E-state index contributed by atoms with van der Waals surface area (Å²) in [5.41, 5.74) is 2.17. The SMILES string of the molecule is COc1c(C)cccc1C(=O)NC(=S)Nc1ccccc1. The number of carbonyl (C=O) groups excluding carboxylic acids is 1. The average molecular weight is 300 g/mol. The molecule has 0 aliphatic carbocycles. The fourth-order valence-electron chi connectivity index (χ4n) is 1.96. The molecule has 2 rings (SSSR count). The highest BCUT2D eigenvalue weighted by molar-refractivity contribution is 7.80. The van der Waals surface area contributed by atoms with Crippen LogP contribution in [0.2, 0.25) is 0 Å². The van der Waals surface area contributed by atoms with Gasteiger partial charge in [-0.3, -0.25) is 10.1 Å². The number of thiocarbonyl (C=S) groups is 1. The lowest BCUT2D eigenvalue weighted by Crippen LogP contribution is -2.34. The summed E-state index contributed by atoms with van der Waals surface area (Å²) in [7, 11) is 1.54. The van der Waals surface area contributed by atoms with E-state index in [0.717, 1.165) is 11.3 Å². The molecule has 108 valence electrons. The van der Waals surface area contributed by atoms with Crippen molar-refractivity contribution < 1.29 is 9.53 Å². The number of benzene rings is 2. The van der Waals surface area contributed by atoms with Crippen molar-refractivity contribution in [1.29, 1.82) is 0 Å². The highest BCUT2D eigenvalue weighted by Gasteiger charge is 2.14. The number of hydrogen-bond acceptors (Lipinski definition) is 3. The van der Waals surface area contributed by atoms with Crippen LogP contribution in [0, 0.1) is 6.92 Å². The maximum absolute atomic E-state index is 12.3. The van der Waals surface area contributed by atoms with Gasteiger partial charge in [-0.15, -0.1) is 0 Å². The van der Waals surface area contributed by atoms with Crippen molar-refractivity contribution in [3.05, 3.63) is 59.7 Å². The Morgan fingerprint density at radius 2 is 1.81 bits per heavy atom. The summed E-state index contributed by atoms with van der Waals surface area (Å²) >= 11 is 5.14. The number of rotatable bonds is 3. The number of hydrogen-bond donors (Lipinski definition) is 2. The van der Waals surface area contributed by atoms with Gasteiger partial charge in [-0.25, -0.2) is 0 Å². The topological polar surface area (TPSA) is 50.4 Å². The molecule has 21 heavy (non-hydrogen) atoms. The third-order valence-corrected chi connectivity index (χ3v) is 3.12. The molecule has 0 saturated carbocycles. The molecule has 5 heteroatoms. The van der Waals surface area contributed by atoms with E-state index in [1.807, 2.05) is 43.3 Å². The van der Waals surface area contributed by atoms with Gasteiger partial charge in [0.25, 0.3) is 5.91 Å². The van der Waals surface area contributed by atoms with Crippen LogP contribution in [0.15, 0.2) is 48.5 Å². The molecule has 2 N–H and O–H groups in total. The van der Waals surface area contributed by atoms with E-state index in [1.165, 1.54) is 0 Å². The number of methoxy groups -OCH3 is 1. The molecule has 0 aromatic heterocycles. The lowest BCUT2D eigenvalue weighted by molar-refractivity contribution is 0.0974. The van der Waals surface area contributed by atoms with E-state index in [1.54, 1.807) is 19.2 Å². The third-order valence-electron chi connectivity index (χ3n) is 2.92. The van der Waals surface area contributed by atoms with Crippen LogP contribution >= 0.6 is 12.2 Å². The molecule has 0 saturated heterocycles. The first-order chi connectivity index (χ1) is 10.1. The normalized spacial score (nSPS) is 9.81. The van der Waals surface area contributed by atoms with E-state index < -0.39 is 0 Å². The minimum atomic E-state index is -0.302. The number of anilines is 1. The van der Waals surface area contributed by atoms with Crippen LogP contribution in [0.3, 0.4) is 0 Å². The highest BCUT2D eigenvalue weighted by Crippen LogP contribution is 2.22. The Bertz CT molecular complexity index is 657. The van der Waals surface area contributed by atoms with Gasteiger partial charge in [0, 0.05) is 5.69 Å². The molecule has 0 aliphatic rings. The molecule has 2 aromatic rings. The summed E-state index contributed by atoms with van der Waals surface area (Å²) in [6.07, 6.45) is 0. The highest BCUT2D eigenvalue weighted by atomic mass is 32.1. The van der Waals surface area contributed by atoms with Crippen molar-refractivity contribution >= 4 is 28.9 Å². The lowest BCUT2D eigenvalue weighted by Gasteiger charge is -2.13. The van der Waals surface area contributed by atoms with Crippen molar-refractivity contribution in [2.24, 2.45) is 0 Å². The van der Waals surface area contributed by atoms with Gasteiger partial charge < -0.3 is 10.1 Å². The molecule has 0 atom stereocenters. The van der Waals surface area contributed by atoms with E-state index in [2.05, 4.69) is 10.6 Å². The molecular weight excluding hydrogens is 284 g/mol. The summed E-state index contributed by atoms with van der Waals surface area (Å²) in [6, 6.07) is 14.8. The first-order valence-corrected chi connectivity index (χ1v) is 6.83. The quantitative estimate of drug-likeness (QED) is 0.855. The summed E-state index contributed by atoms with van der Waals surface area (Å²) in [4.78, 5) is 12.3. The number of aryl methyl sites for hydroxylation is 1. The molecule has 0 spiro atoms. The van der Waals surface area contributed by atoms with Gasteiger partial charge in [0.1, 0.15) is 5.75 Å². The van der Waals surface area contributed by atoms with Crippen LogP contribution in [-0.2, 0) is 0 Å². The predicted molar refractivity (Wildman–Crippen MR) is 87.9 cm³/mol. The molecule has 2 aromatic carbocycles. The summed E-state index contributed by atoms with van der Waals surface area (Å²) in [6.45, 7) is 1.89. The summed E-state index contributed by atoms with van der Waals surface area (Å²) < 4.78 is 5.27. The van der Waals surface area contributed by atoms with Crippen molar-refractivity contribution in [2.45, 2.75) is 6.92 Å². The lowest BCUT2D eigenvalue weighted by atomic mass is 10.1. The van der Waals surface area contributed by atoms with Crippen molar-refractivity contribution in [1.82, 2.24) is 5.32 Å². The van der Waals surface area contributed by atoms with E-state index in [9.17, 15) is 4.79 Å². The Hall–Kier alpha value is -2.40. The minimum absolute atomic E-state index is 0.245. The fraction of sp³-hybridized carbons (Fsp3) is 0.125. The van der Waals surface area contributed by atoms with Crippen molar-refractivity contribution in [3.8, 4) is 5.75 Å². The van der Waals surface area contributed by atoms with Gasteiger partial charge in [-0.2, -0.15) is 0 Å². The number of carbonyl (C=O) groups is 1. The molecule has 0 aliphatic heterocycles. The van der Waals surface area contributed by atoms with Gasteiger partial charge in [-0.05, 0) is 42.9 Å². The molecule has 0 heterocycles. The smallest absolute Gasteiger partial charge is 0.261 e. The Morgan fingerprint density at radius 3 is 2.48 bits per heavy atom. The average Bonchev–Trinajstić information content (AvgIpc) is 2.47. The second-order valence-corrected chi connectivity index (χ2v) is 4.84. The minimum Gasteiger partial charge on any atom is -0.496 e. The second-order valence-electron chi connectivity index (χ2n) is 4.43. The molecule has 4 nitrogen and oxygen atoms in total. The number of amides is 1. The zero-order valence-corrected chi connectivity index (χ0v) is 12.7. The Morgan fingerprint density at radius 1 is 1.10 bits per heavy atom. The Kier molecular flexibility index (Phi) is 4.90. The maximum Gasteiger partial charge on any atom is 0.261 e. The van der Waals surface area contributed by atoms with E-state index >= 15 is 0 Å². The molecule has 0 unspecified atom stereocenters. The zero-order chi connectivity index (χ0) is 15.2. The third kappa shape index (κ3) is 3.79. The van der Waals surface area contributed by atoms with E-state index in [4.69, 9.17) is 17.0 Å². The van der Waals surface area contributed by atoms with Gasteiger partial charge in [0.2, 0.25) is 0 Å². The second kappa shape index (κ2) is 6.85. The standard InChI is InChI=1S/C16H16N2O2S/c1-11-7-6-10-13(14(11)20-2)15(19)18-16(21)17-12-8-4-3-5-9-12/h3-10H,1-2H3,(H2,17,18,19,21). The first-order valence-electron chi connectivity index (χ1n) is 6.43. The van der Waals surface area contributed by atoms with Crippen LogP contribution in [-0.4, -0.2) is 18.1 Å². The van der Waals surface area contributed by atoms with Crippen LogP contribution in [0.1, 0.15) is 15.9 Å². The Labute approximate surface area is 129 Å². The van der Waals surface area contributed by atoms with Gasteiger partial charge in [-0.1, -0.05) is 30.3 Å². The van der Waals surface area contributed by atoms with Crippen LogP contribution in [0.25, 0.3) is 0 Å².